The molecule has 0 unspecified atom stereocenters. The van der Waals surface area contributed by atoms with Crippen molar-refractivity contribution in [3.63, 3.8) is 0 Å². The quantitative estimate of drug-likeness (QED) is 0.357. The molecule has 0 aliphatic carbocycles. The molecule has 2 aromatic carbocycles. The van der Waals surface area contributed by atoms with Gasteiger partial charge >= 0.3 is 0 Å². The number of H-pyrrole nitrogens is 1. The number of hydrogen-bond donors (Lipinski definition) is 2. The van der Waals surface area contributed by atoms with Gasteiger partial charge in [-0.3, -0.25) is 0 Å². The number of nitrogens with one attached hydrogen (secondary N) is 1. The second-order valence-corrected chi connectivity index (χ2v) is 7.95. The van der Waals surface area contributed by atoms with Crippen molar-refractivity contribution in [2.75, 3.05) is 13.2 Å². The van der Waals surface area contributed by atoms with Crippen molar-refractivity contribution in [1.82, 2.24) is 9.97 Å². The molecule has 0 bridgehead atoms. The Bertz CT molecular complexity index is 1090. The standard InChI is InChI=1S/C20H16ClN3O3S/c1-11(28-18-9-17-16(8-13(18)21)26-6-7-27-17)19(25)12(10-22)20-23-14-4-2-3-5-15(14)24-20/h2-5,8-9,11,25H,6-7H2,1H3,(H,23,24)/t11-/m0/s1. The van der Waals surface area contributed by atoms with Crippen molar-refractivity contribution in [3.05, 3.63) is 53.0 Å². The van der Waals surface area contributed by atoms with Crippen LogP contribution in [0.25, 0.3) is 16.6 Å². The average molecular weight is 414 g/mol. The highest BCUT2D eigenvalue weighted by atomic mass is 35.5. The Morgan fingerprint density at radius 1 is 1.29 bits per heavy atom. The molecule has 0 radical (unpaired) electrons. The zero-order valence-corrected chi connectivity index (χ0v) is 16.5. The van der Waals surface area contributed by atoms with Crippen LogP contribution in [0.4, 0.5) is 0 Å². The summed E-state index contributed by atoms with van der Waals surface area (Å²) in [6.07, 6.45) is 0. The van der Waals surface area contributed by atoms with Gasteiger partial charge < -0.3 is 19.6 Å². The monoisotopic (exact) mass is 413 g/mol. The van der Waals surface area contributed by atoms with E-state index in [0.29, 0.717) is 35.6 Å². The summed E-state index contributed by atoms with van der Waals surface area (Å²) in [5.41, 5.74) is 1.63. The van der Waals surface area contributed by atoms with E-state index in [9.17, 15) is 10.4 Å². The number of allylic oxidation sites excluding steroid dienone is 1. The van der Waals surface area contributed by atoms with Crippen LogP contribution in [-0.4, -0.2) is 33.5 Å². The van der Waals surface area contributed by atoms with E-state index in [1.807, 2.05) is 24.3 Å². The van der Waals surface area contributed by atoms with Gasteiger partial charge in [0.05, 0.1) is 21.3 Å². The Morgan fingerprint density at radius 3 is 2.71 bits per heavy atom. The van der Waals surface area contributed by atoms with E-state index in [1.165, 1.54) is 11.8 Å². The third kappa shape index (κ3) is 3.49. The first kappa shape index (κ1) is 18.5. The van der Waals surface area contributed by atoms with E-state index < -0.39 is 5.25 Å². The van der Waals surface area contributed by atoms with Crippen LogP contribution in [0.15, 0.2) is 47.1 Å². The maximum atomic E-state index is 10.7. The maximum absolute atomic E-state index is 10.7. The molecule has 8 heteroatoms. The SMILES string of the molecule is C[C@H](Sc1cc2c(cc1Cl)OCCO2)C(O)=C(C#N)c1nc2ccccc2[nH]1. The summed E-state index contributed by atoms with van der Waals surface area (Å²) in [5.74, 6) is 1.49. The fourth-order valence-corrected chi connectivity index (χ4v) is 4.13. The van der Waals surface area contributed by atoms with Gasteiger partial charge in [-0.25, -0.2) is 4.98 Å². The molecule has 0 amide bonds. The van der Waals surface area contributed by atoms with E-state index in [0.717, 1.165) is 15.9 Å². The largest absolute Gasteiger partial charge is 0.510 e. The minimum Gasteiger partial charge on any atom is -0.510 e. The first-order valence-corrected chi connectivity index (χ1v) is 9.86. The molecular formula is C20H16ClN3O3S. The van der Waals surface area contributed by atoms with Gasteiger partial charge in [0, 0.05) is 11.0 Å². The predicted molar refractivity (Wildman–Crippen MR) is 109 cm³/mol. The summed E-state index contributed by atoms with van der Waals surface area (Å²) in [7, 11) is 0. The second kappa shape index (κ2) is 7.66. The van der Waals surface area contributed by atoms with Gasteiger partial charge in [-0.05, 0) is 25.1 Å². The smallest absolute Gasteiger partial charge is 0.162 e. The summed E-state index contributed by atoms with van der Waals surface area (Å²) in [4.78, 5) is 8.21. The van der Waals surface area contributed by atoms with E-state index in [4.69, 9.17) is 21.1 Å². The van der Waals surface area contributed by atoms with Gasteiger partial charge in [-0.1, -0.05) is 23.7 Å². The number of hydrogen-bond acceptors (Lipinski definition) is 6. The molecule has 2 N–H and O–H groups in total. The number of para-hydroxylation sites is 2. The number of ether oxygens (including phenoxy) is 2. The minimum atomic E-state index is -0.428. The van der Waals surface area contributed by atoms with Crippen LogP contribution in [0.5, 0.6) is 11.5 Å². The molecule has 0 saturated carbocycles. The fraction of sp³-hybridized carbons (Fsp3) is 0.200. The minimum absolute atomic E-state index is 0.0717. The van der Waals surface area contributed by atoms with Crippen LogP contribution < -0.4 is 9.47 Å². The van der Waals surface area contributed by atoms with Crippen molar-refractivity contribution in [2.24, 2.45) is 0 Å². The van der Waals surface area contributed by atoms with E-state index >= 15 is 0 Å². The molecule has 0 fully saturated rings. The topological polar surface area (TPSA) is 91.2 Å². The lowest BCUT2D eigenvalue weighted by molar-refractivity contribution is 0.171. The normalized spacial score (nSPS) is 15.0. The average Bonchev–Trinajstić information content (AvgIpc) is 3.12. The van der Waals surface area contributed by atoms with E-state index in [-0.39, 0.29) is 11.3 Å². The number of aliphatic hydroxyl groups excluding tert-OH is 1. The van der Waals surface area contributed by atoms with Crippen LogP contribution in [0.3, 0.4) is 0 Å². The Morgan fingerprint density at radius 2 is 2.00 bits per heavy atom. The number of aromatic nitrogens is 2. The van der Waals surface area contributed by atoms with Crippen molar-refractivity contribution in [3.8, 4) is 17.6 Å². The fourth-order valence-electron chi connectivity index (χ4n) is 2.89. The number of halogens is 1. The Balaban J connectivity index is 1.64. The zero-order chi connectivity index (χ0) is 19.7. The van der Waals surface area contributed by atoms with Gasteiger partial charge in [0.1, 0.15) is 30.6 Å². The van der Waals surface area contributed by atoms with Crippen molar-refractivity contribution < 1.29 is 14.6 Å². The number of nitriles is 1. The zero-order valence-electron chi connectivity index (χ0n) is 14.9. The number of nitrogens with zero attached hydrogens (tertiary/aromatic N) is 2. The van der Waals surface area contributed by atoms with Gasteiger partial charge in [0.2, 0.25) is 0 Å². The maximum Gasteiger partial charge on any atom is 0.162 e. The highest BCUT2D eigenvalue weighted by Gasteiger charge is 2.22. The molecule has 1 aliphatic heterocycles. The molecule has 1 aromatic heterocycles. The first-order valence-electron chi connectivity index (χ1n) is 8.61. The Labute approximate surface area is 170 Å². The summed E-state index contributed by atoms with van der Waals surface area (Å²) in [6, 6.07) is 13.0. The van der Waals surface area contributed by atoms with E-state index in [1.54, 1.807) is 19.1 Å². The third-order valence-electron chi connectivity index (χ3n) is 4.28. The van der Waals surface area contributed by atoms with Crippen LogP contribution >= 0.6 is 23.4 Å². The molecule has 2 heterocycles. The molecule has 1 aliphatic rings. The Kier molecular flexibility index (Phi) is 5.07. The van der Waals surface area contributed by atoms with Crippen molar-refractivity contribution >= 4 is 40.0 Å². The summed E-state index contributed by atoms with van der Waals surface area (Å²) < 4.78 is 11.1. The number of aliphatic hydroxyl groups is 1. The number of imidazole rings is 1. The van der Waals surface area contributed by atoms with E-state index in [2.05, 4.69) is 16.0 Å². The lowest BCUT2D eigenvalue weighted by Crippen LogP contribution is -2.15. The highest BCUT2D eigenvalue weighted by molar-refractivity contribution is 8.00. The summed E-state index contributed by atoms with van der Waals surface area (Å²) >= 11 is 7.68. The number of fused-ring (bicyclic) bond motifs is 2. The van der Waals surface area contributed by atoms with Crippen LogP contribution in [0.2, 0.25) is 5.02 Å². The second-order valence-electron chi connectivity index (χ2n) is 6.16. The number of aromatic amines is 1. The number of benzene rings is 2. The molecule has 6 nitrogen and oxygen atoms in total. The van der Waals surface area contributed by atoms with Gasteiger partial charge in [0.15, 0.2) is 17.3 Å². The molecular weight excluding hydrogens is 398 g/mol. The van der Waals surface area contributed by atoms with Crippen molar-refractivity contribution in [1.29, 1.82) is 5.26 Å². The summed E-state index contributed by atoms with van der Waals surface area (Å²) in [6.45, 7) is 2.76. The van der Waals surface area contributed by atoms with Crippen molar-refractivity contribution in [2.45, 2.75) is 17.1 Å². The lowest BCUT2D eigenvalue weighted by atomic mass is 10.2. The van der Waals surface area contributed by atoms with Gasteiger partial charge in [0.25, 0.3) is 0 Å². The summed E-state index contributed by atoms with van der Waals surface area (Å²) in [5, 5.41) is 20.4. The van der Waals surface area contributed by atoms with Crippen LogP contribution in [0, 0.1) is 11.3 Å². The highest BCUT2D eigenvalue weighted by Crippen LogP contribution is 2.42. The molecule has 4 rings (SSSR count). The van der Waals surface area contributed by atoms with Crippen LogP contribution in [0.1, 0.15) is 12.7 Å². The van der Waals surface area contributed by atoms with Gasteiger partial charge in [-0.2, -0.15) is 5.26 Å². The lowest BCUT2D eigenvalue weighted by Gasteiger charge is -2.20. The molecule has 142 valence electrons. The molecule has 0 saturated heterocycles. The predicted octanol–water partition coefficient (Wildman–Crippen LogP) is 4.96. The Hall–Kier alpha value is -2.82. The van der Waals surface area contributed by atoms with Crippen LogP contribution in [-0.2, 0) is 0 Å². The number of thioether (sulfide) groups is 1. The van der Waals surface area contributed by atoms with Gasteiger partial charge in [-0.15, -0.1) is 11.8 Å². The molecule has 1 atom stereocenters. The molecule has 28 heavy (non-hydrogen) atoms. The molecule has 0 spiro atoms. The number of rotatable bonds is 4. The molecule has 3 aromatic rings. The first-order chi connectivity index (χ1) is 13.6. The third-order valence-corrected chi connectivity index (χ3v) is 5.87.